The number of carbonyl (C=O) groups is 3. The fraction of sp³-hybridized carbons (Fsp3) is 0.298. The molecule has 0 aliphatic carbocycles. The van der Waals surface area contributed by atoms with Crippen molar-refractivity contribution in [1.82, 2.24) is 5.32 Å². The molecule has 1 fully saturated rings. The topological polar surface area (TPSA) is 152 Å². The molecule has 1 saturated heterocycles. The Balaban J connectivity index is 1.02. The molecule has 0 spiro atoms. The number of ether oxygens (including phenoxy) is 2. The van der Waals surface area contributed by atoms with E-state index < -0.39 is 6.29 Å². The number of carbonyl (C=O) groups excluding carboxylic acids is 3. The Morgan fingerprint density at radius 2 is 1.43 bits per heavy atom. The van der Waals surface area contributed by atoms with Crippen LogP contribution in [-0.4, -0.2) is 34.7 Å². The zero-order chi connectivity index (χ0) is 40.7. The van der Waals surface area contributed by atoms with Crippen LogP contribution in [0, 0.1) is 0 Å². The zero-order valence-corrected chi connectivity index (χ0v) is 33.6. The van der Waals surface area contributed by atoms with Crippen LogP contribution < -0.4 is 21.7 Å². The molecular formula is C47H52N4O6S. The van der Waals surface area contributed by atoms with Gasteiger partial charge in [0.2, 0.25) is 17.7 Å². The molecule has 1 aliphatic heterocycles. The first-order chi connectivity index (χ1) is 28.2. The molecule has 6 N–H and O–H groups in total. The molecule has 0 saturated carbocycles. The summed E-state index contributed by atoms with van der Waals surface area (Å²) < 4.78 is 13.3. The number of aliphatic hydroxyl groups is 1. The van der Waals surface area contributed by atoms with Crippen molar-refractivity contribution in [2.24, 2.45) is 0 Å². The monoisotopic (exact) mass is 800 g/mol. The Kier molecular flexibility index (Phi) is 15.5. The smallest absolute Gasteiger partial charge is 0.224 e. The molecule has 0 radical (unpaired) electrons. The molecule has 0 aromatic heterocycles. The lowest BCUT2D eigenvalue weighted by atomic mass is 9.99. The summed E-state index contributed by atoms with van der Waals surface area (Å²) in [4.78, 5) is 37.5. The number of amides is 3. The van der Waals surface area contributed by atoms with Gasteiger partial charge in [-0.25, -0.2) is 0 Å². The highest BCUT2D eigenvalue weighted by Crippen LogP contribution is 2.40. The van der Waals surface area contributed by atoms with E-state index in [-0.39, 0.29) is 36.5 Å². The van der Waals surface area contributed by atoms with Crippen LogP contribution in [0.1, 0.15) is 86.5 Å². The van der Waals surface area contributed by atoms with E-state index in [9.17, 15) is 19.5 Å². The first-order valence-corrected chi connectivity index (χ1v) is 20.8. The number of nitrogens with one attached hydrogen (secondary N) is 3. The van der Waals surface area contributed by atoms with Crippen LogP contribution in [0.25, 0.3) is 11.1 Å². The van der Waals surface area contributed by atoms with Crippen molar-refractivity contribution >= 4 is 46.5 Å². The van der Waals surface area contributed by atoms with Gasteiger partial charge in [0.25, 0.3) is 0 Å². The van der Waals surface area contributed by atoms with Crippen LogP contribution in [0.15, 0.2) is 126 Å². The van der Waals surface area contributed by atoms with Crippen molar-refractivity contribution in [3.8, 4) is 11.1 Å². The number of nitrogen functional groups attached to an aromatic ring is 1. The largest absolute Gasteiger partial charge is 0.397 e. The predicted molar refractivity (Wildman–Crippen MR) is 231 cm³/mol. The molecule has 11 heteroatoms. The van der Waals surface area contributed by atoms with E-state index in [1.54, 1.807) is 23.9 Å². The van der Waals surface area contributed by atoms with Crippen molar-refractivity contribution in [3.05, 3.63) is 144 Å². The Hall–Kier alpha value is -5.46. The van der Waals surface area contributed by atoms with Gasteiger partial charge in [0.1, 0.15) is 0 Å². The summed E-state index contributed by atoms with van der Waals surface area (Å²) in [6, 6.07) is 39.3. The third-order valence-corrected chi connectivity index (χ3v) is 11.1. The molecule has 1 aliphatic rings. The van der Waals surface area contributed by atoms with Gasteiger partial charge >= 0.3 is 0 Å². The van der Waals surface area contributed by atoms with Crippen molar-refractivity contribution in [3.63, 3.8) is 0 Å². The van der Waals surface area contributed by atoms with Gasteiger partial charge < -0.3 is 36.3 Å². The summed E-state index contributed by atoms with van der Waals surface area (Å²) >= 11 is 1.70. The molecule has 3 atom stereocenters. The number of hydrogen-bond donors (Lipinski definition) is 5. The Morgan fingerprint density at radius 1 is 0.724 bits per heavy atom. The van der Waals surface area contributed by atoms with Gasteiger partial charge in [-0.15, -0.1) is 11.8 Å². The molecule has 5 aromatic carbocycles. The summed E-state index contributed by atoms with van der Waals surface area (Å²) in [5.74, 6) is 0.556. The number of anilines is 3. The molecule has 3 amide bonds. The number of para-hydroxylation sites is 2. The first kappa shape index (κ1) is 42.2. The quantitative estimate of drug-likeness (QED) is 0.0334. The average Bonchev–Trinajstić information content (AvgIpc) is 3.24. The second kappa shape index (κ2) is 21.3. The van der Waals surface area contributed by atoms with Crippen molar-refractivity contribution < 1.29 is 29.0 Å². The minimum absolute atomic E-state index is 0.00608. The minimum Gasteiger partial charge on any atom is -0.397 e. The summed E-state index contributed by atoms with van der Waals surface area (Å²) in [7, 11) is 0. The SMILES string of the molecule is CC(=O)Nc1ccc(SC[C@H]2C[C@@H](c3ccc(CO)cc3)O[C@@H](c3cccc(-c4cccc(CNC(=O)CCCCCCC(=O)Nc5ccccc5N)c4)c3)O2)cc1. The molecule has 5 aromatic rings. The lowest BCUT2D eigenvalue weighted by Gasteiger charge is -2.36. The molecule has 0 bridgehead atoms. The fourth-order valence-corrected chi connectivity index (χ4v) is 7.73. The number of hydrogen-bond acceptors (Lipinski definition) is 8. The number of unbranched alkanes of at least 4 members (excludes halogenated alkanes) is 3. The zero-order valence-electron chi connectivity index (χ0n) is 32.8. The summed E-state index contributed by atoms with van der Waals surface area (Å²) in [6.07, 6.45) is 3.87. The maximum atomic E-state index is 12.7. The normalized spacial score (nSPS) is 16.3. The van der Waals surface area contributed by atoms with Gasteiger partial charge in [-0.2, -0.15) is 0 Å². The highest BCUT2D eigenvalue weighted by Gasteiger charge is 2.32. The molecule has 10 nitrogen and oxygen atoms in total. The standard InChI is InChI=1S/C47H52N4O6S/c1-32(53)50-39-22-24-41(25-23-39)58-31-40-28-44(35-20-18-33(30-52)19-21-35)57-47(56-40)38-13-9-12-37(27-38)36-11-8-10-34(26-36)29-49-45(54)16-4-2-3-5-17-46(55)51-43-15-7-6-14-42(43)48/h6-15,18-27,40,44,47,52H,2-5,16-17,28-31,48H2,1H3,(H,49,54)(H,50,53)(H,51,55)/t40-,44+,47+/m1/s1. The molecular weight excluding hydrogens is 749 g/mol. The minimum atomic E-state index is -0.600. The number of aliphatic hydroxyl groups excluding tert-OH is 1. The molecule has 1 heterocycles. The second-order valence-electron chi connectivity index (χ2n) is 14.5. The average molecular weight is 801 g/mol. The van der Waals surface area contributed by atoms with Crippen LogP contribution in [0.5, 0.6) is 0 Å². The van der Waals surface area contributed by atoms with Crippen LogP contribution >= 0.6 is 11.8 Å². The third-order valence-electron chi connectivity index (χ3n) is 9.93. The van der Waals surface area contributed by atoms with Crippen LogP contribution in [0.2, 0.25) is 0 Å². The number of thioether (sulfide) groups is 1. The third kappa shape index (κ3) is 12.8. The van der Waals surface area contributed by atoms with Crippen LogP contribution in [0.4, 0.5) is 17.1 Å². The molecule has 0 unspecified atom stereocenters. The lowest BCUT2D eigenvalue weighted by Crippen LogP contribution is -2.31. The van der Waals surface area contributed by atoms with E-state index >= 15 is 0 Å². The van der Waals surface area contributed by atoms with Gasteiger partial charge in [0, 0.05) is 54.6 Å². The Labute approximate surface area is 344 Å². The van der Waals surface area contributed by atoms with Crippen molar-refractivity contribution in [1.29, 1.82) is 0 Å². The number of nitrogens with two attached hydrogens (primary N) is 1. The Morgan fingerprint density at radius 3 is 2.16 bits per heavy atom. The van der Waals surface area contributed by atoms with Crippen LogP contribution in [-0.2, 0) is 37.0 Å². The van der Waals surface area contributed by atoms with E-state index in [4.69, 9.17) is 15.2 Å². The van der Waals surface area contributed by atoms with Gasteiger partial charge in [0.15, 0.2) is 6.29 Å². The van der Waals surface area contributed by atoms with Gasteiger partial charge in [-0.3, -0.25) is 14.4 Å². The maximum Gasteiger partial charge on any atom is 0.224 e. The van der Waals surface area contributed by atoms with Crippen molar-refractivity contribution in [2.45, 2.75) is 88.4 Å². The highest BCUT2D eigenvalue weighted by atomic mass is 32.2. The lowest BCUT2D eigenvalue weighted by molar-refractivity contribution is -0.245. The fourth-order valence-electron chi connectivity index (χ4n) is 6.81. The summed E-state index contributed by atoms with van der Waals surface area (Å²) in [6.45, 7) is 1.90. The van der Waals surface area contributed by atoms with Crippen LogP contribution in [0.3, 0.4) is 0 Å². The summed E-state index contributed by atoms with van der Waals surface area (Å²) in [5.41, 5.74) is 13.7. The van der Waals surface area contributed by atoms with Crippen molar-refractivity contribution in [2.75, 3.05) is 22.1 Å². The Bertz CT molecular complexity index is 2130. The van der Waals surface area contributed by atoms with E-state index in [1.807, 2.05) is 84.9 Å². The van der Waals surface area contributed by atoms with Gasteiger partial charge in [-0.05, 0) is 89.2 Å². The maximum absolute atomic E-state index is 12.7. The van der Waals surface area contributed by atoms with Gasteiger partial charge in [-0.1, -0.05) is 85.6 Å². The van der Waals surface area contributed by atoms with E-state index in [0.29, 0.717) is 42.9 Å². The molecule has 302 valence electrons. The molecule has 6 rings (SSSR count). The number of benzene rings is 5. The van der Waals surface area contributed by atoms with Gasteiger partial charge in [0.05, 0.1) is 30.2 Å². The number of rotatable bonds is 18. The summed E-state index contributed by atoms with van der Waals surface area (Å²) in [5, 5.41) is 18.3. The van der Waals surface area contributed by atoms with E-state index in [1.165, 1.54) is 6.92 Å². The van der Waals surface area contributed by atoms with E-state index in [2.05, 4.69) is 40.2 Å². The first-order valence-electron chi connectivity index (χ1n) is 19.8. The highest BCUT2D eigenvalue weighted by molar-refractivity contribution is 7.99. The predicted octanol–water partition coefficient (Wildman–Crippen LogP) is 9.32. The van der Waals surface area contributed by atoms with E-state index in [0.717, 1.165) is 69.6 Å². The molecule has 58 heavy (non-hydrogen) atoms. The second-order valence-corrected chi connectivity index (χ2v) is 15.6.